The van der Waals surface area contributed by atoms with E-state index in [0.29, 0.717) is 17.7 Å². The molecule has 0 unspecified atom stereocenters. The molecule has 9 nitrogen and oxygen atoms in total. The van der Waals surface area contributed by atoms with Gasteiger partial charge in [0.05, 0.1) is 31.0 Å². The molecule has 1 amide bonds. The van der Waals surface area contributed by atoms with E-state index >= 15 is 0 Å². The second-order valence-electron chi connectivity index (χ2n) is 7.60. The Morgan fingerprint density at radius 1 is 1.09 bits per heavy atom. The number of pyridine rings is 2. The Kier molecular flexibility index (Phi) is 6.08. The van der Waals surface area contributed by atoms with Crippen molar-refractivity contribution < 1.29 is 23.5 Å². The molecule has 0 saturated carbocycles. The number of hydroxylamine groups is 1. The normalized spacial score (nSPS) is 11.3. The molecule has 0 aliphatic carbocycles. The molecule has 0 spiro atoms. The molecule has 176 valence electrons. The first-order valence-corrected chi connectivity index (χ1v) is 10.6. The highest BCUT2D eigenvalue weighted by Crippen LogP contribution is 2.25. The van der Waals surface area contributed by atoms with Crippen molar-refractivity contribution in [3.05, 3.63) is 83.6 Å². The zero-order valence-electron chi connectivity index (χ0n) is 18.2. The lowest BCUT2D eigenvalue weighted by atomic mass is 10.1. The van der Waals surface area contributed by atoms with Crippen molar-refractivity contribution in [2.75, 3.05) is 13.2 Å². The third kappa shape index (κ3) is 4.42. The monoisotopic (exact) mass is 476 g/mol. The second kappa shape index (κ2) is 9.49. The van der Waals surface area contributed by atoms with Gasteiger partial charge in [-0.1, -0.05) is 29.5 Å². The molecule has 0 saturated heterocycles. The Labute approximate surface area is 197 Å². The Bertz CT molecular complexity index is 1530. The van der Waals surface area contributed by atoms with Crippen molar-refractivity contribution in [3.63, 3.8) is 0 Å². The molecule has 2 N–H and O–H groups in total. The maximum atomic E-state index is 14.7. The first kappa shape index (κ1) is 22.4. The molecule has 11 heteroatoms. The number of benzene rings is 2. The number of hydrogen-bond acceptors (Lipinski definition) is 7. The van der Waals surface area contributed by atoms with Gasteiger partial charge in [0.1, 0.15) is 22.7 Å². The summed E-state index contributed by atoms with van der Waals surface area (Å²) in [5.41, 5.74) is 4.18. The van der Waals surface area contributed by atoms with E-state index in [1.807, 2.05) is 35.8 Å². The van der Waals surface area contributed by atoms with Gasteiger partial charge in [0, 0.05) is 17.1 Å². The molecule has 35 heavy (non-hydrogen) atoms. The van der Waals surface area contributed by atoms with Crippen LogP contribution in [0, 0.1) is 11.6 Å². The van der Waals surface area contributed by atoms with Crippen LogP contribution in [0.5, 0.6) is 0 Å². The van der Waals surface area contributed by atoms with Gasteiger partial charge in [0.15, 0.2) is 5.65 Å². The van der Waals surface area contributed by atoms with E-state index in [2.05, 4.69) is 25.1 Å². The number of hydrogen-bond donors (Lipinski definition) is 2. The van der Waals surface area contributed by atoms with Crippen LogP contribution >= 0.6 is 0 Å². The van der Waals surface area contributed by atoms with E-state index in [4.69, 9.17) is 5.11 Å². The van der Waals surface area contributed by atoms with E-state index in [1.165, 1.54) is 0 Å². The molecule has 3 aromatic heterocycles. The van der Waals surface area contributed by atoms with Gasteiger partial charge >= 0.3 is 0 Å². The summed E-state index contributed by atoms with van der Waals surface area (Å²) in [5.74, 6) is -3.27. The fourth-order valence-electron chi connectivity index (χ4n) is 3.73. The molecule has 0 radical (unpaired) electrons. The van der Waals surface area contributed by atoms with E-state index < -0.39 is 23.1 Å². The van der Waals surface area contributed by atoms with E-state index in [1.54, 1.807) is 23.0 Å². The van der Waals surface area contributed by atoms with Gasteiger partial charge in [-0.25, -0.2) is 23.9 Å². The van der Waals surface area contributed by atoms with Crippen LogP contribution in [-0.4, -0.2) is 49.2 Å². The topological polar surface area (TPSA) is 115 Å². The maximum Gasteiger partial charge on any atom is 0.280 e. The Balaban J connectivity index is 1.48. The molecule has 0 aliphatic rings. The van der Waals surface area contributed by atoms with Crippen LogP contribution in [0.4, 0.5) is 8.78 Å². The lowest BCUT2D eigenvalue weighted by Crippen LogP contribution is -2.27. The Morgan fingerprint density at radius 2 is 1.89 bits per heavy atom. The van der Waals surface area contributed by atoms with Crippen LogP contribution in [0.15, 0.2) is 60.8 Å². The van der Waals surface area contributed by atoms with Crippen LogP contribution in [0.1, 0.15) is 15.9 Å². The van der Waals surface area contributed by atoms with Gasteiger partial charge in [-0.2, -0.15) is 0 Å². The van der Waals surface area contributed by atoms with Crippen LogP contribution < -0.4 is 5.48 Å². The number of nitrogens with one attached hydrogen (secondary N) is 1. The number of amides is 1. The smallest absolute Gasteiger partial charge is 0.280 e. The van der Waals surface area contributed by atoms with Gasteiger partial charge in [-0.15, -0.1) is 5.10 Å². The molecule has 0 atom stereocenters. The quantitative estimate of drug-likeness (QED) is 0.274. The van der Waals surface area contributed by atoms with Gasteiger partial charge < -0.3 is 5.11 Å². The van der Waals surface area contributed by atoms with Crippen LogP contribution in [0.25, 0.3) is 33.3 Å². The molecule has 5 rings (SSSR count). The standard InChI is InChI=1S/C24H18F2N6O3/c25-17-11-16(12-18(26)21(17)24(34)30-35-10-9-33)19-6-7-20-23(28-19)32(31-29-20)13-15-4-1-3-14-5-2-8-27-22(14)15/h1-8,11-12,33H,9-10,13H2,(H,30,34). The highest BCUT2D eigenvalue weighted by molar-refractivity contribution is 5.94. The number of halogens is 2. The summed E-state index contributed by atoms with van der Waals surface area (Å²) in [7, 11) is 0. The summed E-state index contributed by atoms with van der Waals surface area (Å²) in [5, 5.41) is 18.0. The summed E-state index contributed by atoms with van der Waals surface area (Å²) in [6.45, 7) is -0.231. The minimum absolute atomic E-state index is 0.134. The lowest BCUT2D eigenvalue weighted by Gasteiger charge is -2.09. The number of aliphatic hydroxyl groups is 1. The number of nitrogens with zero attached hydrogens (tertiary/aromatic N) is 5. The van der Waals surface area contributed by atoms with Gasteiger partial charge in [0.25, 0.3) is 5.91 Å². The van der Waals surface area contributed by atoms with E-state index in [0.717, 1.165) is 28.6 Å². The molecular weight excluding hydrogens is 458 g/mol. The molecule has 3 heterocycles. The predicted molar refractivity (Wildman–Crippen MR) is 122 cm³/mol. The highest BCUT2D eigenvalue weighted by atomic mass is 19.1. The average Bonchev–Trinajstić information content (AvgIpc) is 3.26. The zero-order valence-corrected chi connectivity index (χ0v) is 18.2. The van der Waals surface area contributed by atoms with Crippen molar-refractivity contribution in [2.45, 2.75) is 6.54 Å². The Hall–Kier alpha value is -4.35. The van der Waals surface area contributed by atoms with Crippen molar-refractivity contribution in [1.82, 2.24) is 30.4 Å². The summed E-state index contributed by atoms with van der Waals surface area (Å²) in [6.07, 6.45) is 1.72. The first-order chi connectivity index (χ1) is 17.0. The number of carbonyl (C=O) groups excluding carboxylic acids is 1. The fourth-order valence-corrected chi connectivity index (χ4v) is 3.73. The highest BCUT2D eigenvalue weighted by Gasteiger charge is 2.20. The SMILES string of the molecule is O=C(NOCCO)c1c(F)cc(-c2ccc3nnn(Cc4cccc5cccnc45)c3n2)cc1F. The zero-order chi connectivity index (χ0) is 24.4. The number of rotatable bonds is 7. The molecule has 0 fully saturated rings. The van der Waals surface area contributed by atoms with Gasteiger partial charge in [0.2, 0.25) is 0 Å². The summed E-state index contributed by atoms with van der Waals surface area (Å²) >= 11 is 0. The third-order valence-corrected chi connectivity index (χ3v) is 5.32. The minimum Gasteiger partial charge on any atom is -0.394 e. The van der Waals surface area contributed by atoms with Crippen molar-refractivity contribution in [3.8, 4) is 11.3 Å². The fraction of sp³-hybridized carbons (Fsp3) is 0.125. The molecule has 5 aromatic rings. The van der Waals surface area contributed by atoms with E-state index in [-0.39, 0.29) is 24.5 Å². The lowest BCUT2D eigenvalue weighted by molar-refractivity contribution is 0.0162. The predicted octanol–water partition coefficient (Wildman–Crippen LogP) is 3.02. The van der Waals surface area contributed by atoms with Gasteiger partial charge in [-0.3, -0.25) is 14.6 Å². The summed E-state index contributed by atoms with van der Waals surface area (Å²) in [4.78, 5) is 25.6. The van der Waals surface area contributed by atoms with Gasteiger partial charge in [-0.05, 0) is 35.9 Å². The number of para-hydroxylation sites is 1. The molecule has 2 aromatic carbocycles. The van der Waals surface area contributed by atoms with Crippen LogP contribution in [0.2, 0.25) is 0 Å². The molecular formula is C24H18F2N6O3. The van der Waals surface area contributed by atoms with Crippen LogP contribution in [0.3, 0.4) is 0 Å². The van der Waals surface area contributed by atoms with Crippen LogP contribution in [-0.2, 0) is 11.4 Å². The molecule has 0 bridgehead atoms. The van der Waals surface area contributed by atoms with Crippen molar-refractivity contribution in [2.24, 2.45) is 0 Å². The van der Waals surface area contributed by atoms with E-state index in [9.17, 15) is 13.6 Å². The van der Waals surface area contributed by atoms with Crippen molar-refractivity contribution >= 4 is 28.0 Å². The minimum atomic E-state index is -1.10. The maximum absolute atomic E-state index is 14.7. The summed E-state index contributed by atoms with van der Waals surface area (Å²) in [6, 6.07) is 14.9. The Morgan fingerprint density at radius 3 is 2.69 bits per heavy atom. The average molecular weight is 476 g/mol. The number of fused-ring (bicyclic) bond motifs is 2. The number of aliphatic hydroxyl groups excluding tert-OH is 1. The first-order valence-electron chi connectivity index (χ1n) is 10.6. The largest absolute Gasteiger partial charge is 0.394 e. The van der Waals surface area contributed by atoms with Crippen molar-refractivity contribution in [1.29, 1.82) is 0 Å². The number of carbonyl (C=O) groups is 1. The summed E-state index contributed by atoms with van der Waals surface area (Å²) < 4.78 is 30.9. The second-order valence-corrected chi connectivity index (χ2v) is 7.60. The third-order valence-electron chi connectivity index (χ3n) is 5.32. The molecule has 0 aliphatic heterocycles. The number of aromatic nitrogens is 5.